The molecule has 1 nitrogen and oxygen atoms in total. The third kappa shape index (κ3) is 5.47. The summed E-state index contributed by atoms with van der Waals surface area (Å²) >= 11 is 0. The Labute approximate surface area is 133 Å². The molecule has 1 aromatic carbocycles. The van der Waals surface area contributed by atoms with E-state index in [1.165, 1.54) is 24.0 Å². The van der Waals surface area contributed by atoms with Gasteiger partial charge in [0.25, 0.3) is 0 Å². The van der Waals surface area contributed by atoms with Crippen LogP contribution in [0, 0.1) is 5.92 Å². The normalized spacial score (nSPS) is 12.1. The Morgan fingerprint density at radius 2 is 1.38 bits per heavy atom. The maximum absolute atomic E-state index is 4.85. The number of nitrogens with two attached hydrogens (primary N) is 1. The van der Waals surface area contributed by atoms with Gasteiger partial charge in [0.15, 0.2) is 0 Å². The highest BCUT2D eigenvalue weighted by atomic mass is 14.5. The minimum absolute atomic E-state index is 0.238. The van der Waals surface area contributed by atoms with Crippen LogP contribution in [0.3, 0.4) is 0 Å². The van der Waals surface area contributed by atoms with Gasteiger partial charge in [0.05, 0.1) is 0 Å². The van der Waals surface area contributed by atoms with Gasteiger partial charge in [0.2, 0.25) is 0 Å². The fourth-order valence-corrected chi connectivity index (χ4v) is 2.71. The molecule has 0 bridgehead atoms. The largest absolute Gasteiger partial charge is 0.331 e. The summed E-state index contributed by atoms with van der Waals surface area (Å²) in [6.45, 7) is 19.1. The molecule has 122 valence electrons. The van der Waals surface area contributed by atoms with Gasteiger partial charge in [-0.15, -0.1) is 0 Å². The smallest absolute Gasteiger partial charge is 0.00776 e. The Morgan fingerprint density at radius 3 is 1.76 bits per heavy atom. The first-order chi connectivity index (χ1) is 9.65. The van der Waals surface area contributed by atoms with E-state index in [1.54, 1.807) is 0 Å². The molecule has 0 aliphatic heterocycles. The zero-order valence-corrected chi connectivity index (χ0v) is 15.6. The lowest BCUT2D eigenvalue weighted by Crippen LogP contribution is -2.30. The summed E-state index contributed by atoms with van der Waals surface area (Å²) < 4.78 is 0. The fraction of sp³-hybridized carbons (Fsp3) is 0.700. The van der Waals surface area contributed by atoms with Crippen LogP contribution in [0.4, 0.5) is 0 Å². The second kappa shape index (κ2) is 8.58. The van der Waals surface area contributed by atoms with E-state index in [1.807, 2.05) is 6.92 Å². The Bertz CT molecular complexity index is 402. The molecule has 0 amide bonds. The minimum atomic E-state index is 0.238. The van der Waals surface area contributed by atoms with Crippen LogP contribution >= 0.6 is 0 Å². The summed E-state index contributed by atoms with van der Waals surface area (Å²) in [6, 6.07) is 9.03. The van der Waals surface area contributed by atoms with Crippen molar-refractivity contribution in [1.82, 2.24) is 0 Å². The molecule has 0 heterocycles. The molecular formula is C20H37N. The second-order valence-corrected chi connectivity index (χ2v) is 7.46. The highest BCUT2D eigenvalue weighted by Gasteiger charge is 2.31. The fourth-order valence-electron chi connectivity index (χ4n) is 2.71. The van der Waals surface area contributed by atoms with Crippen molar-refractivity contribution in [2.24, 2.45) is 11.7 Å². The van der Waals surface area contributed by atoms with E-state index in [4.69, 9.17) is 5.73 Å². The Hall–Kier alpha value is -0.820. The number of benzene rings is 1. The zero-order chi connectivity index (χ0) is 16.7. The van der Waals surface area contributed by atoms with Crippen LogP contribution in [-0.2, 0) is 10.8 Å². The van der Waals surface area contributed by atoms with Gasteiger partial charge in [-0.2, -0.15) is 0 Å². The topological polar surface area (TPSA) is 26.0 Å². The molecule has 0 aliphatic carbocycles. The first-order valence-electron chi connectivity index (χ1n) is 8.45. The summed E-state index contributed by atoms with van der Waals surface area (Å²) in [6.07, 6.45) is 2.49. The summed E-state index contributed by atoms with van der Waals surface area (Å²) in [5.41, 5.74) is 8.42. The van der Waals surface area contributed by atoms with Gasteiger partial charge in [-0.25, -0.2) is 0 Å². The number of hydrogen-bond donors (Lipinski definition) is 1. The van der Waals surface area contributed by atoms with Gasteiger partial charge in [-0.05, 0) is 40.8 Å². The SMILES string of the molecule is CCCC(C)(C)c1ccccc1C(C)(C)C(C)C.CCN. The Balaban J connectivity index is 0.00000122. The van der Waals surface area contributed by atoms with Crippen LogP contribution in [0.2, 0.25) is 0 Å². The molecule has 0 unspecified atom stereocenters. The second-order valence-electron chi connectivity index (χ2n) is 7.46. The summed E-state index contributed by atoms with van der Waals surface area (Å²) in [7, 11) is 0. The quantitative estimate of drug-likeness (QED) is 0.744. The van der Waals surface area contributed by atoms with Crippen molar-refractivity contribution < 1.29 is 0 Å². The van der Waals surface area contributed by atoms with E-state index >= 15 is 0 Å². The third-order valence-electron chi connectivity index (χ3n) is 4.67. The van der Waals surface area contributed by atoms with Crippen molar-refractivity contribution in [2.75, 3.05) is 6.54 Å². The predicted molar refractivity (Wildman–Crippen MR) is 97.0 cm³/mol. The van der Waals surface area contributed by atoms with Gasteiger partial charge in [-0.3, -0.25) is 0 Å². The summed E-state index contributed by atoms with van der Waals surface area (Å²) in [5.74, 6) is 0.649. The van der Waals surface area contributed by atoms with E-state index in [2.05, 4.69) is 72.7 Å². The molecule has 21 heavy (non-hydrogen) atoms. The Kier molecular flexibility index (Phi) is 8.25. The van der Waals surface area contributed by atoms with Crippen LogP contribution in [0.1, 0.15) is 79.4 Å². The van der Waals surface area contributed by atoms with Crippen molar-refractivity contribution in [3.63, 3.8) is 0 Å². The molecular weight excluding hydrogens is 254 g/mol. The molecule has 0 fully saturated rings. The van der Waals surface area contributed by atoms with Gasteiger partial charge in [0, 0.05) is 0 Å². The van der Waals surface area contributed by atoms with Gasteiger partial charge >= 0.3 is 0 Å². The van der Waals surface area contributed by atoms with Gasteiger partial charge < -0.3 is 5.73 Å². The summed E-state index contributed by atoms with van der Waals surface area (Å²) in [5, 5.41) is 0. The molecule has 0 atom stereocenters. The van der Waals surface area contributed by atoms with Crippen LogP contribution in [-0.4, -0.2) is 6.54 Å². The predicted octanol–water partition coefficient (Wildman–Crippen LogP) is 5.66. The first kappa shape index (κ1) is 20.2. The standard InChI is InChI=1S/C18H30.C2H7N/c1-8-13-17(4,5)15-11-9-10-12-16(15)18(6,7)14(2)3;1-2-3/h9-12,14H,8,13H2,1-7H3;2-3H2,1H3. The average molecular weight is 292 g/mol. The summed E-state index contributed by atoms with van der Waals surface area (Å²) in [4.78, 5) is 0. The van der Waals surface area contributed by atoms with Crippen molar-refractivity contribution >= 4 is 0 Å². The van der Waals surface area contributed by atoms with Crippen molar-refractivity contribution in [1.29, 1.82) is 0 Å². The highest BCUT2D eigenvalue weighted by molar-refractivity contribution is 5.38. The lowest BCUT2D eigenvalue weighted by atomic mass is 9.68. The van der Waals surface area contributed by atoms with Crippen LogP contribution in [0.5, 0.6) is 0 Å². The molecule has 0 saturated carbocycles. The van der Waals surface area contributed by atoms with Crippen LogP contribution in [0.25, 0.3) is 0 Å². The molecule has 1 heteroatoms. The van der Waals surface area contributed by atoms with Crippen LogP contribution in [0.15, 0.2) is 24.3 Å². The van der Waals surface area contributed by atoms with Crippen molar-refractivity contribution in [2.45, 2.75) is 79.1 Å². The highest BCUT2D eigenvalue weighted by Crippen LogP contribution is 2.39. The van der Waals surface area contributed by atoms with Gasteiger partial charge in [0.1, 0.15) is 0 Å². The van der Waals surface area contributed by atoms with Gasteiger partial charge in [-0.1, -0.05) is 86.1 Å². The lowest BCUT2D eigenvalue weighted by molar-refractivity contribution is 0.358. The molecule has 0 saturated heterocycles. The number of rotatable bonds is 5. The maximum atomic E-state index is 4.85. The lowest BCUT2D eigenvalue weighted by Gasteiger charge is -2.37. The molecule has 1 aromatic rings. The van der Waals surface area contributed by atoms with Crippen molar-refractivity contribution in [3.8, 4) is 0 Å². The third-order valence-corrected chi connectivity index (χ3v) is 4.67. The molecule has 0 aliphatic rings. The van der Waals surface area contributed by atoms with E-state index in [-0.39, 0.29) is 10.8 Å². The molecule has 1 rings (SSSR count). The zero-order valence-electron chi connectivity index (χ0n) is 15.6. The van der Waals surface area contributed by atoms with E-state index < -0.39 is 0 Å². The minimum Gasteiger partial charge on any atom is -0.331 e. The molecule has 0 aromatic heterocycles. The average Bonchev–Trinajstić information content (AvgIpc) is 2.39. The molecule has 0 spiro atoms. The van der Waals surface area contributed by atoms with E-state index in [0.717, 1.165) is 6.54 Å². The maximum Gasteiger partial charge on any atom is -0.00776 e. The monoisotopic (exact) mass is 291 g/mol. The molecule has 2 N–H and O–H groups in total. The van der Waals surface area contributed by atoms with Crippen molar-refractivity contribution in [3.05, 3.63) is 35.4 Å². The number of hydrogen-bond acceptors (Lipinski definition) is 1. The van der Waals surface area contributed by atoms with E-state index in [0.29, 0.717) is 5.92 Å². The molecule has 0 radical (unpaired) electrons. The van der Waals surface area contributed by atoms with E-state index in [9.17, 15) is 0 Å². The first-order valence-corrected chi connectivity index (χ1v) is 8.45. The Morgan fingerprint density at radius 1 is 0.952 bits per heavy atom. The van der Waals surface area contributed by atoms with Crippen LogP contribution < -0.4 is 5.73 Å².